The van der Waals surface area contributed by atoms with Gasteiger partial charge in [0.25, 0.3) is 0 Å². The second kappa shape index (κ2) is 9.29. The number of sulfone groups is 1. The molecule has 0 aliphatic heterocycles. The van der Waals surface area contributed by atoms with Crippen LogP contribution >= 0.6 is 0 Å². The first-order valence-electron chi connectivity index (χ1n) is 8.55. The van der Waals surface area contributed by atoms with Gasteiger partial charge in [-0.3, -0.25) is 4.98 Å². The Labute approximate surface area is 160 Å². The monoisotopic (exact) mass is 412 g/mol. The molecule has 1 atom stereocenters. The van der Waals surface area contributed by atoms with Crippen molar-refractivity contribution in [1.82, 2.24) is 9.71 Å². The maximum absolute atomic E-state index is 13.2. The van der Waals surface area contributed by atoms with Crippen molar-refractivity contribution in [3.05, 3.63) is 54.4 Å². The van der Waals surface area contributed by atoms with E-state index in [1.54, 1.807) is 24.3 Å². The van der Waals surface area contributed by atoms with Crippen LogP contribution in [-0.4, -0.2) is 41.2 Å². The van der Waals surface area contributed by atoms with E-state index in [0.29, 0.717) is 17.7 Å². The van der Waals surface area contributed by atoms with E-state index in [0.717, 1.165) is 6.42 Å². The lowest BCUT2D eigenvalue weighted by Gasteiger charge is -2.19. The molecule has 2 rings (SSSR count). The van der Waals surface area contributed by atoms with Crippen LogP contribution in [0.25, 0.3) is 0 Å². The SMILES string of the molecule is CCCCS(=O)(=O)NCC(c1cccnc1)S(=O)(=O)c1ccc(OC)cc1. The lowest BCUT2D eigenvalue weighted by atomic mass is 10.2. The molecule has 0 aliphatic carbocycles. The molecule has 1 aromatic carbocycles. The maximum Gasteiger partial charge on any atom is 0.211 e. The van der Waals surface area contributed by atoms with Gasteiger partial charge in [0.15, 0.2) is 9.84 Å². The van der Waals surface area contributed by atoms with E-state index in [2.05, 4.69) is 9.71 Å². The molecule has 1 aromatic heterocycles. The summed E-state index contributed by atoms with van der Waals surface area (Å²) in [5.41, 5.74) is 0.423. The molecule has 0 aliphatic rings. The van der Waals surface area contributed by atoms with Gasteiger partial charge in [-0.2, -0.15) is 0 Å². The molecule has 1 heterocycles. The zero-order valence-electron chi connectivity index (χ0n) is 15.3. The van der Waals surface area contributed by atoms with Crippen molar-refractivity contribution in [3.63, 3.8) is 0 Å². The molecule has 1 unspecified atom stereocenters. The van der Waals surface area contributed by atoms with Crippen LogP contribution in [0.4, 0.5) is 0 Å². The van der Waals surface area contributed by atoms with Crippen molar-refractivity contribution in [2.45, 2.75) is 29.9 Å². The van der Waals surface area contributed by atoms with Crippen LogP contribution in [0.5, 0.6) is 5.75 Å². The molecule has 2 aromatic rings. The summed E-state index contributed by atoms with van der Waals surface area (Å²) in [5.74, 6) is 0.499. The summed E-state index contributed by atoms with van der Waals surface area (Å²) < 4.78 is 58.1. The Morgan fingerprint density at radius 2 is 1.81 bits per heavy atom. The summed E-state index contributed by atoms with van der Waals surface area (Å²) in [6.07, 6.45) is 4.22. The summed E-state index contributed by atoms with van der Waals surface area (Å²) in [4.78, 5) is 4.06. The van der Waals surface area contributed by atoms with Gasteiger partial charge in [0.1, 0.15) is 11.0 Å². The largest absolute Gasteiger partial charge is 0.497 e. The Balaban J connectivity index is 2.34. The molecule has 9 heteroatoms. The molecule has 0 spiro atoms. The number of rotatable bonds is 10. The number of unbranched alkanes of at least 4 members (excludes halogenated alkanes) is 1. The fourth-order valence-corrected chi connectivity index (χ4v) is 5.50. The topological polar surface area (TPSA) is 102 Å². The minimum atomic E-state index is -3.84. The molecular weight excluding hydrogens is 388 g/mol. The first kappa shape index (κ1) is 21.3. The number of benzene rings is 1. The molecule has 0 bridgehead atoms. The Kier molecular flexibility index (Phi) is 7.34. The van der Waals surface area contributed by atoms with Gasteiger partial charge in [-0.05, 0) is 42.3 Å². The Hall–Kier alpha value is -1.97. The smallest absolute Gasteiger partial charge is 0.211 e. The third-order valence-electron chi connectivity index (χ3n) is 4.07. The minimum Gasteiger partial charge on any atom is -0.497 e. The van der Waals surface area contributed by atoms with E-state index in [9.17, 15) is 16.8 Å². The van der Waals surface area contributed by atoms with Gasteiger partial charge in [-0.15, -0.1) is 0 Å². The lowest BCUT2D eigenvalue weighted by Crippen LogP contribution is -2.33. The van der Waals surface area contributed by atoms with Crippen LogP contribution in [0.2, 0.25) is 0 Å². The van der Waals surface area contributed by atoms with Crippen LogP contribution in [0.15, 0.2) is 53.7 Å². The third-order valence-corrected chi connectivity index (χ3v) is 7.62. The van der Waals surface area contributed by atoms with Gasteiger partial charge < -0.3 is 4.74 Å². The van der Waals surface area contributed by atoms with E-state index in [-0.39, 0.29) is 17.2 Å². The molecule has 0 saturated carbocycles. The molecule has 0 fully saturated rings. The Morgan fingerprint density at radius 1 is 1.11 bits per heavy atom. The zero-order valence-corrected chi connectivity index (χ0v) is 17.0. The normalized spacial score (nSPS) is 13.3. The number of sulfonamides is 1. The van der Waals surface area contributed by atoms with Crippen molar-refractivity contribution in [1.29, 1.82) is 0 Å². The standard InChI is InChI=1S/C18H24N2O5S2/c1-3-4-12-26(21,22)20-14-18(15-6-5-11-19-13-15)27(23,24)17-9-7-16(25-2)8-10-17/h5-11,13,18,20H,3-4,12,14H2,1-2H3. The molecule has 148 valence electrons. The van der Waals surface area contributed by atoms with Crippen LogP contribution in [-0.2, 0) is 19.9 Å². The third kappa shape index (κ3) is 5.75. The highest BCUT2D eigenvalue weighted by molar-refractivity contribution is 7.92. The van der Waals surface area contributed by atoms with E-state index in [1.165, 1.54) is 31.6 Å². The first-order chi connectivity index (χ1) is 12.8. The van der Waals surface area contributed by atoms with Crippen LogP contribution < -0.4 is 9.46 Å². The molecule has 7 nitrogen and oxygen atoms in total. The first-order valence-corrected chi connectivity index (χ1v) is 11.7. The van der Waals surface area contributed by atoms with Gasteiger partial charge in [-0.25, -0.2) is 21.6 Å². The molecular formula is C18H24N2O5S2. The zero-order chi connectivity index (χ0) is 19.9. The predicted molar refractivity (Wildman–Crippen MR) is 104 cm³/mol. The fraction of sp³-hybridized carbons (Fsp3) is 0.389. The molecule has 0 amide bonds. The van der Waals surface area contributed by atoms with Crippen molar-refractivity contribution < 1.29 is 21.6 Å². The Morgan fingerprint density at radius 3 is 2.37 bits per heavy atom. The number of methoxy groups -OCH3 is 1. The number of ether oxygens (including phenoxy) is 1. The highest BCUT2D eigenvalue weighted by Gasteiger charge is 2.30. The number of nitrogens with one attached hydrogen (secondary N) is 1. The van der Waals surface area contributed by atoms with Gasteiger partial charge in [0, 0.05) is 18.9 Å². The second-order valence-corrected chi connectivity index (χ2v) is 10.1. The van der Waals surface area contributed by atoms with Gasteiger partial charge in [0.05, 0.1) is 17.8 Å². The highest BCUT2D eigenvalue weighted by atomic mass is 32.2. The molecule has 27 heavy (non-hydrogen) atoms. The van der Waals surface area contributed by atoms with Crippen molar-refractivity contribution in [2.75, 3.05) is 19.4 Å². The van der Waals surface area contributed by atoms with Crippen LogP contribution in [0.3, 0.4) is 0 Å². The van der Waals surface area contributed by atoms with Gasteiger partial charge in [-0.1, -0.05) is 19.4 Å². The number of nitrogens with zero attached hydrogens (tertiary/aromatic N) is 1. The number of pyridine rings is 1. The summed E-state index contributed by atoms with van der Waals surface area (Å²) in [7, 11) is -5.91. The number of aromatic nitrogens is 1. The van der Waals surface area contributed by atoms with Crippen molar-refractivity contribution in [3.8, 4) is 5.75 Å². The van der Waals surface area contributed by atoms with Crippen LogP contribution in [0.1, 0.15) is 30.6 Å². The van der Waals surface area contributed by atoms with E-state index in [1.807, 2.05) is 6.92 Å². The van der Waals surface area contributed by atoms with Crippen molar-refractivity contribution >= 4 is 19.9 Å². The lowest BCUT2D eigenvalue weighted by molar-refractivity contribution is 0.414. The molecule has 1 N–H and O–H groups in total. The van der Waals surface area contributed by atoms with Gasteiger partial charge in [0.2, 0.25) is 10.0 Å². The molecule has 0 saturated heterocycles. The van der Waals surface area contributed by atoms with Crippen LogP contribution in [0, 0.1) is 0 Å². The number of hydrogen-bond donors (Lipinski definition) is 1. The number of hydrogen-bond acceptors (Lipinski definition) is 6. The summed E-state index contributed by atoms with van der Waals surface area (Å²) in [5, 5.41) is -1.09. The molecule has 0 radical (unpaired) electrons. The van der Waals surface area contributed by atoms with Crippen molar-refractivity contribution in [2.24, 2.45) is 0 Å². The summed E-state index contributed by atoms with van der Waals surface area (Å²) in [6.45, 7) is 1.63. The van der Waals surface area contributed by atoms with Gasteiger partial charge >= 0.3 is 0 Å². The highest BCUT2D eigenvalue weighted by Crippen LogP contribution is 2.29. The fourth-order valence-electron chi connectivity index (χ4n) is 2.51. The Bertz CT molecular complexity index is 927. The maximum atomic E-state index is 13.2. The summed E-state index contributed by atoms with van der Waals surface area (Å²) in [6, 6.07) is 9.25. The van der Waals surface area contributed by atoms with E-state index < -0.39 is 25.1 Å². The van der Waals surface area contributed by atoms with E-state index in [4.69, 9.17) is 4.74 Å². The minimum absolute atomic E-state index is 0.0359. The quantitative estimate of drug-likeness (QED) is 0.642. The summed E-state index contributed by atoms with van der Waals surface area (Å²) >= 11 is 0. The second-order valence-electron chi connectivity index (χ2n) is 6.02. The predicted octanol–water partition coefficient (Wildman–Crippen LogP) is 2.32. The average molecular weight is 413 g/mol. The van der Waals surface area contributed by atoms with E-state index >= 15 is 0 Å². The average Bonchev–Trinajstić information content (AvgIpc) is 2.67.